The number of alkyl halides is 3. The predicted molar refractivity (Wildman–Crippen MR) is 127 cm³/mol. The molecule has 1 aromatic carbocycles. The minimum atomic E-state index is -4.23. The molecule has 0 bridgehead atoms. The average molecular weight is 546 g/mol. The molecule has 2 fully saturated rings. The molecule has 2 atom stereocenters. The van der Waals surface area contributed by atoms with E-state index in [0.29, 0.717) is 5.69 Å². The number of pyridine rings is 1. The number of hydrogen-bond acceptors (Lipinski definition) is 5. The number of rotatable bonds is 8. The first-order valence-electron chi connectivity index (χ1n) is 12.1. The minimum Gasteiger partial charge on any atom is -0.369 e. The number of aryl methyl sites for hydroxylation is 1. The van der Waals surface area contributed by atoms with Gasteiger partial charge in [-0.1, -0.05) is 0 Å². The summed E-state index contributed by atoms with van der Waals surface area (Å²) in [6, 6.07) is 4.31. The molecule has 0 radical (unpaired) electrons. The molecule has 202 valence electrons. The molecule has 2 aromatic rings. The zero-order chi connectivity index (χ0) is 27.0. The van der Waals surface area contributed by atoms with Gasteiger partial charge in [-0.3, -0.25) is 9.78 Å². The molecule has 2 aliphatic rings. The van der Waals surface area contributed by atoms with Gasteiger partial charge in [0.25, 0.3) is 0 Å². The van der Waals surface area contributed by atoms with Gasteiger partial charge in [-0.25, -0.2) is 30.4 Å². The zero-order valence-corrected chi connectivity index (χ0v) is 21.0. The molecule has 2 saturated heterocycles. The van der Waals surface area contributed by atoms with Crippen LogP contribution in [0.1, 0.15) is 38.3 Å². The van der Waals surface area contributed by atoms with E-state index >= 15 is 0 Å². The Labute approximate surface area is 212 Å². The molecule has 0 unspecified atom stereocenters. The molecule has 3 heterocycles. The van der Waals surface area contributed by atoms with Crippen molar-refractivity contribution >= 4 is 21.5 Å². The van der Waals surface area contributed by atoms with Gasteiger partial charge in [-0.15, -0.1) is 0 Å². The highest BCUT2D eigenvalue weighted by Gasteiger charge is 2.43. The predicted octanol–water partition coefficient (Wildman–Crippen LogP) is 4.53. The number of aromatic nitrogens is 1. The molecule has 4 rings (SSSR count). The van der Waals surface area contributed by atoms with E-state index in [1.807, 2.05) is 0 Å². The molecule has 37 heavy (non-hydrogen) atoms. The lowest BCUT2D eigenvalue weighted by Gasteiger charge is -2.36. The number of benzene rings is 1. The van der Waals surface area contributed by atoms with Crippen LogP contribution in [0.4, 0.5) is 27.6 Å². The summed E-state index contributed by atoms with van der Waals surface area (Å²) in [6.45, 7) is 0.909. The third-order valence-electron chi connectivity index (χ3n) is 7.07. The summed E-state index contributed by atoms with van der Waals surface area (Å²) < 4.78 is 96.0. The number of halogens is 5. The Morgan fingerprint density at radius 3 is 2.41 bits per heavy atom. The van der Waals surface area contributed by atoms with Crippen LogP contribution in [0, 0.1) is 17.6 Å². The zero-order valence-electron chi connectivity index (χ0n) is 20.2. The molecular formula is C25H28F5N3O3S. The number of Topliss-reactive ketones (excluding diaryl/α,β-unsaturated/α-hetero) is 1. The molecular weight excluding hydrogens is 517 g/mol. The summed E-state index contributed by atoms with van der Waals surface area (Å²) in [7, 11) is -4.23. The maximum Gasteiger partial charge on any atom is 0.248 e. The van der Waals surface area contributed by atoms with Crippen molar-refractivity contribution in [2.24, 2.45) is 5.92 Å². The minimum absolute atomic E-state index is 0.0630. The SMILES string of the molecule is CC(F)(F)C1CCN(c2cc(CCC(=O)[C@@H]3C[C@@H](F)CN3S(=O)(=O)c3ccc(F)cc3)ncc2F)CC1. The van der Waals surface area contributed by atoms with Crippen LogP contribution in [-0.2, 0) is 21.2 Å². The highest BCUT2D eigenvalue weighted by atomic mass is 32.2. The van der Waals surface area contributed by atoms with E-state index in [2.05, 4.69) is 4.98 Å². The fraction of sp³-hybridized carbons (Fsp3) is 0.520. The van der Waals surface area contributed by atoms with E-state index in [1.54, 1.807) is 4.90 Å². The first-order chi connectivity index (χ1) is 17.4. The molecule has 6 nitrogen and oxygen atoms in total. The lowest BCUT2D eigenvalue weighted by molar-refractivity contribution is -0.122. The highest BCUT2D eigenvalue weighted by Crippen LogP contribution is 2.35. The summed E-state index contributed by atoms with van der Waals surface area (Å²) in [5.41, 5.74) is 0.580. The van der Waals surface area contributed by atoms with Crippen LogP contribution in [0.15, 0.2) is 41.4 Å². The number of hydrogen-bond donors (Lipinski definition) is 0. The lowest BCUT2D eigenvalue weighted by atomic mass is 9.91. The fourth-order valence-electron chi connectivity index (χ4n) is 4.95. The third kappa shape index (κ3) is 6.11. The third-order valence-corrected chi connectivity index (χ3v) is 8.96. The highest BCUT2D eigenvalue weighted by molar-refractivity contribution is 7.89. The standard InChI is InChI=1S/C25H28F5N3O3S/c1-25(29,30)16-8-10-32(11-9-16)22-13-19(31-14-21(22)28)4-7-24(34)23-12-18(27)15-33(23)37(35,36)20-5-2-17(26)3-6-20/h2-3,5-6,13-14,16,18,23H,4,7-12,15H2,1H3/t18-,23+/m1/s1. The van der Waals surface area contributed by atoms with Crippen molar-refractivity contribution in [2.45, 2.75) is 62.1 Å². The maximum atomic E-state index is 14.5. The quantitative estimate of drug-likeness (QED) is 0.456. The van der Waals surface area contributed by atoms with Gasteiger partial charge in [-0.2, -0.15) is 4.31 Å². The average Bonchev–Trinajstić information content (AvgIpc) is 3.26. The first-order valence-corrected chi connectivity index (χ1v) is 13.5. The lowest BCUT2D eigenvalue weighted by Crippen LogP contribution is -2.40. The molecule has 0 N–H and O–H groups in total. The van der Waals surface area contributed by atoms with E-state index < -0.39 is 58.0 Å². The summed E-state index contributed by atoms with van der Waals surface area (Å²) >= 11 is 0. The number of carbonyl (C=O) groups is 1. The van der Waals surface area contributed by atoms with Crippen molar-refractivity contribution in [3.05, 3.63) is 53.9 Å². The van der Waals surface area contributed by atoms with Crippen LogP contribution in [0.5, 0.6) is 0 Å². The van der Waals surface area contributed by atoms with Crippen molar-refractivity contribution in [1.29, 1.82) is 0 Å². The Bertz CT molecular complexity index is 1230. The molecule has 0 amide bonds. The summed E-state index contributed by atoms with van der Waals surface area (Å²) in [5, 5.41) is 0. The number of nitrogens with zero attached hydrogens (tertiary/aromatic N) is 3. The molecule has 0 saturated carbocycles. The number of carbonyl (C=O) groups excluding carboxylic acids is 1. The largest absolute Gasteiger partial charge is 0.369 e. The monoisotopic (exact) mass is 545 g/mol. The van der Waals surface area contributed by atoms with E-state index in [9.17, 15) is 35.2 Å². The Balaban J connectivity index is 1.43. The van der Waals surface area contributed by atoms with Crippen LogP contribution in [-0.4, -0.2) is 61.3 Å². The second kappa shape index (κ2) is 10.6. The molecule has 0 aliphatic carbocycles. The van der Waals surface area contributed by atoms with Gasteiger partial charge >= 0.3 is 0 Å². The number of sulfonamides is 1. The molecule has 1 aromatic heterocycles. The summed E-state index contributed by atoms with van der Waals surface area (Å²) in [5.74, 6) is -5.32. The van der Waals surface area contributed by atoms with Crippen LogP contribution in [0.25, 0.3) is 0 Å². The van der Waals surface area contributed by atoms with Crippen molar-refractivity contribution in [1.82, 2.24) is 9.29 Å². The Hall–Kier alpha value is -2.60. The van der Waals surface area contributed by atoms with Crippen molar-refractivity contribution < 1.29 is 35.2 Å². The van der Waals surface area contributed by atoms with Crippen LogP contribution < -0.4 is 4.90 Å². The molecule has 12 heteroatoms. The van der Waals surface area contributed by atoms with Crippen molar-refractivity contribution in [3.8, 4) is 0 Å². The van der Waals surface area contributed by atoms with E-state index in [4.69, 9.17) is 0 Å². The smallest absolute Gasteiger partial charge is 0.248 e. The number of anilines is 1. The van der Waals surface area contributed by atoms with Gasteiger partial charge < -0.3 is 4.90 Å². The molecule has 0 spiro atoms. The maximum absolute atomic E-state index is 14.5. The van der Waals surface area contributed by atoms with E-state index in [1.165, 1.54) is 6.07 Å². The Morgan fingerprint density at radius 1 is 1.14 bits per heavy atom. The van der Waals surface area contributed by atoms with E-state index in [0.717, 1.165) is 41.7 Å². The second-order valence-electron chi connectivity index (χ2n) is 9.69. The number of piperidine rings is 1. The number of ketones is 1. The van der Waals surface area contributed by atoms with Crippen LogP contribution in [0.3, 0.4) is 0 Å². The van der Waals surface area contributed by atoms with Gasteiger partial charge in [0.15, 0.2) is 11.6 Å². The first kappa shape index (κ1) is 27.4. The topological polar surface area (TPSA) is 70.6 Å². The fourth-order valence-corrected chi connectivity index (χ4v) is 6.60. The normalized spacial score (nSPS) is 21.9. The van der Waals surface area contributed by atoms with Gasteiger partial charge in [0, 0.05) is 44.1 Å². The summed E-state index contributed by atoms with van der Waals surface area (Å²) in [4.78, 5) is 18.4. The van der Waals surface area contributed by atoms with Crippen LogP contribution in [0.2, 0.25) is 0 Å². The van der Waals surface area contributed by atoms with Gasteiger partial charge in [0.1, 0.15) is 12.0 Å². The summed E-state index contributed by atoms with van der Waals surface area (Å²) in [6.07, 6.45) is -0.486. The van der Waals surface area contributed by atoms with Crippen molar-refractivity contribution in [2.75, 3.05) is 24.5 Å². The van der Waals surface area contributed by atoms with Gasteiger partial charge in [0.2, 0.25) is 15.9 Å². The Morgan fingerprint density at radius 2 is 1.78 bits per heavy atom. The van der Waals surface area contributed by atoms with E-state index in [-0.39, 0.29) is 55.8 Å². The molecule has 2 aliphatic heterocycles. The van der Waals surface area contributed by atoms with Crippen molar-refractivity contribution in [3.63, 3.8) is 0 Å². The Kier molecular flexibility index (Phi) is 7.89. The van der Waals surface area contributed by atoms with Crippen LogP contribution >= 0.6 is 0 Å². The van der Waals surface area contributed by atoms with Gasteiger partial charge in [-0.05, 0) is 56.5 Å². The van der Waals surface area contributed by atoms with Gasteiger partial charge in [0.05, 0.1) is 22.8 Å². The second-order valence-corrected chi connectivity index (χ2v) is 11.6.